The van der Waals surface area contributed by atoms with Gasteiger partial charge in [0.05, 0.1) is 16.8 Å². The second-order valence-corrected chi connectivity index (χ2v) is 7.88. The molecule has 0 atom stereocenters. The number of aromatic nitrogens is 2. The Kier molecular flexibility index (Phi) is 4.90. The van der Waals surface area contributed by atoms with E-state index < -0.39 is 10.0 Å². The normalized spacial score (nSPS) is 11.3. The second kappa shape index (κ2) is 7.66. The zero-order chi connectivity index (χ0) is 19.4. The van der Waals surface area contributed by atoms with Crippen molar-refractivity contribution in [1.29, 1.82) is 0 Å². The summed E-state index contributed by atoms with van der Waals surface area (Å²) in [7, 11) is -3.80. The van der Waals surface area contributed by atoms with Crippen LogP contribution in [0.5, 0.6) is 0 Å². The monoisotopic (exact) mass is 391 g/mol. The molecule has 2 aromatic heterocycles. The summed E-state index contributed by atoms with van der Waals surface area (Å²) >= 11 is 0. The van der Waals surface area contributed by atoms with Crippen molar-refractivity contribution < 1.29 is 12.8 Å². The highest BCUT2D eigenvalue weighted by molar-refractivity contribution is 7.92. The summed E-state index contributed by atoms with van der Waals surface area (Å²) in [6.45, 7) is -0.0337. The van der Waals surface area contributed by atoms with Crippen LogP contribution in [0, 0.1) is 0 Å². The van der Waals surface area contributed by atoms with Crippen molar-refractivity contribution in [3.8, 4) is 11.3 Å². The molecule has 0 unspecified atom stereocenters. The van der Waals surface area contributed by atoms with Crippen LogP contribution in [-0.4, -0.2) is 18.4 Å². The summed E-state index contributed by atoms with van der Waals surface area (Å²) in [4.78, 5) is 8.45. The molecule has 0 aliphatic rings. The van der Waals surface area contributed by atoms with E-state index in [9.17, 15) is 8.42 Å². The van der Waals surface area contributed by atoms with Crippen LogP contribution in [-0.2, 0) is 16.6 Å². The minimum Gasteiger partial charge on any atom is -0.439 e. The summed E-state index contributed by atoms with van der Waals surface area (Å²) in [5.41, 5.74) is 1.36. The molecule has 0 amide bonds. The fraction of sp³-hybridized carbons (Fsp3) is 0.0476. The standard InChI is InChI=1S/C21H17N3O3S/c25-28(26,19-9-5-2-6-10-19)24(18-11-13-22-14-12-18)16-21-23-15-20(27-21)17-7-3-1-4-8-17/h1-15H,16H2. The highest BCUT2D eigenvalue weighted by Crippen LogP contribution is 2.27. The molecule has 2 heterocycles. The van der Waals surface area contributed by atoms with Gasteiger partial charge in [-0.25, -0.2) is 13.4 Å². The first kappa shape index (κ1) is 17.9. The van der Waals surface area contributed by atoms with E-state index in [0.29, 0.717) is 17.3 Å². The summed E-state index contributed by atoms with van der Waals surface area (Å²) in [6, 6.07) is 21.1. The van der Waals surface area contributed by atoms with Crippen molar-refractivity contribution in [1.82, 2.24) is 9.97 Å². The lowest BCUT2D eigenvalue weighted by atomic mass is 10.2. The van der Waals surface area contributed by atoms with Gasteiger partial charge in [-0.2, -0.15) is 0 Å². The van der Waals surface area contributed by atoms with Gasteiger partial charge in [-0.3, -0.25) is 9.29 Å². The Hall–Kier alpha value is -3.45. The number of pyridine rings is 1. The average Bonchev–Trinajstić information content (AvgIpc) is 3.23. The Morgan fingerprint density at radius 1 is 0.857 bits per heavy atom. The third kappa shape index (κ3) is 3.65. The molecular weight excluding hydrogens is 374 g/mol. The maximum Gasteiger partial charge on any atom is 0.264 e. The predicted molar refractivity (Wildman–Crippen MR) is 106 cm³/mol. The van der Waals surface area contributed by atoms with Crippen molar-refractivity contribution in [2.45, 2.75) is 11.4 Å². The Morgan fingerprint density at radius 3 is 2.18 bits per heavy atom. The van der Waals surface area contributed by atoms with Crippen LogP contribution in [0.25, 0.3) is 11.3 Å². The number of anilines is 1. The first-order chi connectivity index (χ1) is 13.6. The molecule has 0 radical (unpaired) electrons. The summed E-state index contributed by atoms with van der Waals surface area (Å²) in [6.07, 6.45) is 4.70. The average molecular weight is 391 g/mol. The lowest BCUT2D eigenvalue weighted by Gasteiger charge is -2.23. The predicted octanol–water partition coefficient (Wildman–Crippen LogP) is 4.13. The van der Waals surface area contributed by atoms with Gasteiger partial charge in [-0.05, 0) is 24.3 Å². The smallest absolute Gasteiger partial charge is 0.264 e. The van der Waals surface area contributed by atoms with E-state index in [1.807, 2.05) is 30.3 Å². The van der Waals surface area contributed by atoms with E-state index in [2.05, 4.69) is 9.97 Å². The SMILES string of the molecule is O=S(=O)(c1ccccc1)N(Cc1ncc(-c2ccccc2)o1)c1ccncc1. The number of benzene rings is 2. The lowest BCUT2D eigenvalue weighted by Crippen LogP contribution is -2.30. The van der Waals surface area contributed by atoms with Gasteiger partial charge in [-0.1, -0.05) is 48.5 Å². The number of hydrogen-bond acceptors (Lipinski definition) is 5. The van der Waals surface area contributed by atoms with Crippen molar-refractivity contribution in [3.63, 3.8) is 0 Å². The molecule has 0 saturated heterocycles. The highest BCUT2D eigenvalue weighted by atomic mass is 32.2. The van der Waals surface area contributed by atoms with E-state index in [4.69, 9.17) is 4.42 Å². The molecule has 2 aromatic carbocycles. The van der Waals surface area contributed by atoms with E-state index in [1.165, 1.54) is 4.31 Å². The van der Waals surface area contributed by atoms with Gasteiger partial charge >= 0.3 is 0 Å². The third-order valence-electron chi connectivity index (χ3n) is 4.17. The van der Waals surface area contributed by atoms with Crippen molar-refractivity contribution in [2.24, 2.45) is 0 Å². The van der Waals surface area contributed by atoms with Crippen molar-refractivity contribution in [2.75, 3.05) is 4.31 Å². The maximum absolute atomic E-state index is 13.3. The van der Waals surface area contributed by atoms with Gasteiger partial charge in [0.1, 0.15) is 6.54 Å². The molecule has 0 aliphatic heterocycles. The summed E-state index contributed by atoms with van der Waals surface area (Å²) in [5, 5.41) is 0. The molecule has 0 N–H and O–H groups in total. The van der Waals surface area contributed by atoms with Crippen molar-refractivity contribution in [3.05, 3.63) is 97.3 Å². The number of rotatable bonds is 6. The number of oxazole rings is 1. The van der Waals surface area contributed by atoms with Crippen LogP contribution >= 0.6 is 0 Å². The van der Waals surface area contributed by atoms with E-state index in [-0.39, 0.29) is 11.4 Å². The van der Waals surface area contributed by atoms with Gasteiger partial charge in [0.15, 0.2) is 5.76 Å². The fourth-order valence-corrected chi connectivity index (χ4v) is 4.22. The van der Waals surface area contributed by atoms with Crippen LogP contribution < -0.4 is 4.31 Å². The second-order valence-electron chi connectivity index (χ2n) is 6.01. The molecule has 0 saturated carbocycles. The topological polar surface area (TPSA) is 76.3 Å². The largest absolute Gasteiger partial charge is 0.439 e. The van der Waals surface area contributed by atoms with Crippen LogP contribution in [0.15, 0.2) is 101 Å². The van der Waals surface area contributed by atoms with Crippen molar-refractivity contribution >= 4 is 15.7 Å². The molecule has 140 valence electrons. The molecule has 4 aromatic rings. The summed E-state index contributed by atoms with van der Waals surface area (Å²) < 4.78 is 33.6. The van der Waals surface area contributed by atoms with E-state index in [0.717, 1.165) is 5.56 Å². The van der Waals surface area contributed by atoms with Crippen LogP contribution in [0.4, 0.5) is 5.69 Å². The van der Waals surface area contributed by atoms with Gasteiger partial charge in [0, 0.05) is 18.0 Å². The molecule has 0 spiro atoms. The van der Waals surface area contributed by atoms with Gasteiger partial charge in [0.25, 0.3) is 10.0 Å². The molecule has 0 aliphatic carbocycles. The van der Waals surface area contributed by atoms with Gasteiger partial charge in [0.2, 0.25) is 5.89 Å². The number of nitrogens with zero attached hydrogens (tertiary/aromatic N) is 3. The number of hydrogen-bond donors (Lipinski definition) is 0. The molecule has 6 nitrogen and oxygen atoms in total. The van der Waals surface area contributed by atoms with E-state index >= 15 is 0 Å². The summed E-state index contributed by atoms with van der Waals surface area (Å²) in [5.74, 6) is 0.887. The molecule has 28 heavy (non-hydrogen) atoms. The highest BCUT2D eigenvalue weighted by Gasteiger charge is 2.26. The number of sulfonamides is 1. The first-order valence-corrected chi connectivity index (χ1v) is 10.1. The zero-order valence-electron chi connectivity index (χ0n) is 14.8. The van der Waals surface area contributed by atoms with E-state index in [1.54, 1.807) is 61.1 Å². The molecular formula is C21H17N3O3S. The minimum atomic E-state index is -3.80. The first-order valence-electron chi connectivity index (χ1n) is 8.62. The van der Waals surface area contributed by atoms with Crippen LogP contribution in [0.1, 0.15) is 5.89 Å². The van der Waals surface area contributed by atoms with Crippen LogP contribution in [0.2, 0.25) is 0 Å². The molecule has 0 bridgehead atoms. The zero-order valence-corrected chi connectivity index (χ0v) is 15.7. The van der Waals surface area contributed by atoms with Crippen LogP contribution in [0.3, 0.4) is 0 Å². The lowest BCUT2D eigenvalue weighted by molar-refractivity contribution is 0.505. The molecule has 0 fully saturated rings. The minimum absolute atomic E-state index is 0.0337. The molecule has 4 rings (SSSR count). The Labute approximate surface area is 163 Å². The van der Waals surface area contributed by atoms with Gasteiger partial charge < -0.3 is 4.42 Å². The van der Waals surface area contributed by atoms with Gasteiger partial charge in [-0.15, -0.1) is 0 Å². The third-order valence-corrected chi connectivity index (χ3v) is 5.96. The Morgan fingerprint density at radius 2 is 1.50 bits per heavy atom. The molecule has 7 heteroatoms. The fourth-order valence-electron chi connectivity index (χ4n) is 2.79. The quantitative estimate of drug-likeness (QED) is 0.494. The Bertz CT molecular complexity index is 1150. The Balaban J connectivity index is 1.71. The maximum atomic E-state index is 13.3.